The maximum absolute atomic E-state index is 13.6. The molecular weight excluding hydrogens is 314 g/mol. The third-order valence-corrected chi connectivity index (χ3v) is 3.74. The normalized spacial score (nSPS) is 11.6. The van der Waals surface area contributed by atoms with E-state index < -0.39 is 31.3 Å². The van der Waals surface area contributed by atoms with Crippen LogP contribution in [0, 0.1) is 11.6 Å². The van der Waals surface area contributed by atoms with E-state index in [4.69, 9.17) is 15.4 Å². The number of halogens is 3. The fourth-order valence-electron chi connectivity index (χ4n) is 1.49. The molecule has 5 nitrogen and oxygen atoms in total. The molecule has 0 spiro atoms. The number of nitrogens with zero attached hydrogens (tertiary/aromatic N) is 2. The van der Waals surface area contributed by atoms with Crippen molar-refractivity contribution in [3.8, 4) is 5.75 Å². The molecule has 1 heterocycles. The predicted octanol–water partition coefficient (Wildman–Crippen LogP) is 2.17. The summed E-state index contributed by atoms with van der Waals surface area (Å²) in [6, 6.07) is 1.22. The Kier molecular flexibility index (Phi) is 4.24. The lowest BCUT2D eigenvalue weighted by Gasteiger charge is -2.09. The number of ether oxygens (including phenoxy) is 1. The number of hydrogen-bond donors (Lipinski definition) is 0. The molecule has 0 atom stereocenters. The van der Waals surface area contributed by atoms with Crippen LogP contribution >= 0.6 is 10.7 Å². The number of aromatic nitrogens is 2. The average Bonchev–Trinajstić information content (AvgIpc) is 2.84. The Bertz CT molecular complexity index is 681. The lowest BCUT2D eigenvalue weighted by Crippen LogP contribution is -2.09. The molecule has 108 valence electrons. The van der Waals surface area contributed by atoms with Gasteiger partial charge in [0.15, 0.2) is 17.4 Å². The van der Waals surface area contributed by atoms with Gasteiger partial charge in [0.25, 0.3) is 9.05 Å². The van der Waals surface area contributed by atoms with Crippen LogP contribution in [0.5, 0.6) is 5.75 Å². The van der Waals surface area contributed by atoms with Crippen molar-refractivity contribution in [2.75, 3.05) is 6.61 Å². The smallest absolute Gasteiger partial charge is 0.261 e. The van der Waals surface area contributed by atoms with Gasteiger partial charge in [-0.2, -0.15) is 0 Å². The van der Waals surface area contributed by atoms with Crippen molar-refractivity contribution >= 4 is 19.7 Å². The van der Waals surface area contributed by atoms with E-state index in [0.29, 0.717) is 18.7 Å². The molecule has 2 rings (SSSR count). The molecule has 0 saturated carbocycles. The van der Waals surface area contributed by atoms with E-state index in [1.54, 1.807) is 17.0 Å². The summed E-state index contributed by atoms with van der Waals surface area (Å²) in [6.45, 7) is 0.339. The van der Waals surface area contributed by atoms with E-state index in [1.165, 1.54) is 6.33 Å². The molecule has 0 N–H and O–H groups in total. The summed E-state index contributed by atoms with van der Waals surface area (Å²) < 4.78 is 55.8. The largest absolute Gasteiger partial charge is 0.486 e. The van der Waals surface area contributed by atoms with Crippen LogP contribution in [0.15, 0.2) is 35.7 Å². The molecular formula is C11H9ClF2N2O3S. The molecule has 1 aromatic carbocycles. The van der Waals surface area contributed by atoms with Gasteiger partial charge in [0, 0.05) is 23.1 Å². The first kappa shape index (κ1) is 14.7. The van der Waals surface area contributed by atoms with Crippen LogP contribution in [0.3, 0.4) is 0 Å². The van der Waals surface area contributed by atoms with Gasteiger partial charge >= 0.3 is 0 Å². The zero-order chi connectivity index (χ0) is 14.8. The second-order valence-electron chi connectivity index (χ2n) is 3.80. The summed E-state index contributed by atoms with van der Waals surface area (Å²) in [4.78, 5) is 3.14. The van der Waals surface area contributed by atoms with Gasteiger partial charge in [-0.05, 0) is 12.1 Å². The Morgan fingerprint density at radius 2 is 1.95 bits per heavy atom. The molecule has 0 unspecified atom stereocenters. The SMILES string of the molecule is O=S(=O)(Cl)c1cc(F)c(OCCn2ccnc2)c(F)c1. The van der Waals surface area contributed by atoms with Crippen molar-refractivity contribution < 1.29 is 21.9 Å². The lowest BCUT2D eigenvalue weighted by atomic mass is 10.3. The zero-order valence-electron chi connectivity index (χ0n) is 9.96. The molecule has 0 amide bonds. The third kappa shape index (κ3) is 3.45. The van der Waals surface area contributed by atoms with Crippen LogP contribution < -0.4 is 4.74 Å². The summed E-state index contributed by atoms with van der Waals surface area (Å²) >= 11 is 0. The molecule has 0 saturated heterocycles. The Morgan fingerprint density at radius 3 is 2.45 bits per heavy atom. The van der Waals surface area contributed by atoms with Gasteiger partial charge in [-0.15, -0.1) is 0 Å². The van der Waals surface area contributed by atoms with Crippen molar-refractivity contribution in [2.45, 2.75) is 11.4 Å². The number of hydrogen-bond acceptors (Lipinski definition) is 4. The van der Waals surface area contributed by atoms with E-state index in [0.717, 1.165) is 0 Å². The Balaban J connectivity index is 2.12. The van der Waals surface area contributed by atoms with Crippen LogP contribution in [0.2, 0.25) is 0 Å². The van der Waals surface area contributed by atoms with Gasteiger partial charge in [-0.1, -0.05) is 0 Å². The molecule has 0 aliphatic rings. The van der Waals surface area contributed by atoms with Gasteiger partial charge in [-0.25, -0.2) is 22.2 Å². The highest BCUT2D eigenvalue weighted by molar-refractivity contribution is 8.13. The minimum Gasteiger partial charge on any atom is -0.486 e. The molecule has 0 fully saturated rings. The van der Waals surface area contributed by atoms with Crippen molar-refractivity contribution in [3.63, 3.8) is 0 Å². The number of benzene rings is 1. The second kappa shape index (κ2) is 5.76. The minimum atomic E-state index is -4.20. The summed E-state index contributed by atoms with van der Waals surface area (Å²) in [5.41, 5.74) is 0. The second-order valence-corrected chi connectivity index (χ2v) is 6.37. The van der Waals surface area contributed by atoms with Gasteiger partial charge in [0.05, 0.1) is 17.8 Å². The highest BCUT2D eigenvalue weighted by Crippen LogP contribution is 2.27. The lowest BCUT2D eigenvalue weighted by molar-refractivity contribution is 0.269. The van der Waals surface area contributed by atoms with Gasteiger partial charge in [0.2, 0.25) is 0 Å². The molecule has 1 aromatic heterocycles. The Hall–Kier alpha value is -1.67. The summed E-state index contributed by atoms with van der Waals surface area (Å²) in [5.74, 6) is -2.90. The highest BCUT2D eigenvalue weighted by atomic mass is 35.7. The highest BCUT2D eigenvalue weighted by Gasteiger charge is 2.18. The van der Waals surface area contributed by atoms with Crippen molar-refractivity contribution in [2.24, 2.45) is 0 Å². The Morgan fingerprint density at radius 1 is 1.30 bits per heavy atom. The Labute approximate surface area is 118 Å². The summed E-state index contributed by atoms with van der Waals surface area (Å²) in [5, 5.41) is 0. The number of imidazole rings is 1. The van der Waals surface area contributed by atoms with Gasteiger partial charge < -0.3 is 9.30 Å². The van der Waals surface area contributed by atoms with Crippen LogP contribution in [0.25, 0.3) is 0 Å². The van der Waals surface area contributed by atoms with Gasteiger partial charge in [0.1, 0.15) is 6.61 Å². The molecule has 20 heavy (non-hydrogen) atoms. The molecule has 2 aromatic rings. The summed E-state index contributed by atoms with van der Waals surface area (Å²) in [6.07, 6.45) is 4.75. The fourth-order valence-corrected chi connectivity index (χ4v) is 2.24. The van der Waals surface area contributed by atoms with E-state index in [9.17, 15) is 17.2 Å². The van der Waals surface area contributed by atoms with Crippen molar-refractivity contribution in [3.05, 3.63) is 42.5 Å². The first-order chi connectivity index (χ1) is 9.38. The average molecular weight is 323 g/mol. The standard InChI is InChI=1S/C11H9ClF2N2O3S/c12-20(17,18)8-5-9(13)11(10(14)6-8)19-4-3-16-2-1-15-7-16/h1-2,5-7H,3-4H2. The van der Waals surface area contributed by atoms with Crippen molar-refractivity contribution in [1.82, 2.24) is 9.55 Å². The van der Waals surface area contributed by atoms with E-state index in [-0.39, 0.29) is 6.61 Å². The summed E-state index contributed by atoms with van der Waals surface area (Å²) in [7, 11) is 0.818. The molecule has 0 bridgehead atoms. The van der Waals surface area contributed by atoms with Crippen LogP contribution in [0.4, 0.5) is 8.78 Å². The maximum Gasteiger partial charge on any atom is 0.261 e. The predicted molar refractivity (Wildman–Crippen MR) is 67.1 cm³/mol. The third-order valence-electron chi connectivity index (χ3n) is 2.41. The quantitative estimate of drug-likeness (QED) is 0.792. The zero-order valence-corrected chi connectivity index (χ0v) is 11.5. The first-order valence-corrected chi connectivity index (χ1v) is 7.71. The van der Waals surface area contributed by atoms with E-state index in [2.05, 4.69) is 4.98 Å². The monoisotopic (exact) mass is 322 g/mol. The minimum absolute atomic E-state index is 0.00281. The van der Waals surface area contributed by atoms with Crippen LogP contribution in [0.1, 0.15) is 0 Å². The van der Waals surface area contributed by atoms with E-state index in [1.807, 2.05) is 0 Å². The molecule has 0 radical (unpaired) electrons. The first-order valence-electron chi connectivity index (χ1n) is 5.40. The molecule has 9 heteroatoms. The molecule has 0 aliphatic carbocycles. The van der Waals surface area contributed by atoms with E-state index >= 15 is 0 Å². The van der Waals surface area contributed by atoms with Crippen LogP contribution in [-0.2, 0) is 15.6 Å². The van der Waals surface area contributed by atoms with Gasteiger partial charge in [-0.3, -0.25) is 0 Å². The fraction of sp³-hybridized carbons (Fsp3) is 0.182. The molecule has 0 aliphatic heterocycles. The number of rotatable bonds is 5. The van der Waals surface area contributed by atoms with Crippen LogP contribution in [-0.4, -0.2) is 24.6 Å². The maximum atomic E-state index is 13.6. The van der Waals surface area contributed by atoms with Crippen molar-refractivity contribution in [1.29, 1.82) is 0 Å². The topological polar surface area (TPSA) is 61.2 Å².